The summed E-state index contributed by atoms with van der Waals surface area (Å²) in [6.07, 6.45) is -4.79. The lowest BCUT2D eigenvalue weighted by Crippen LogP contribution is -2.46. The molecule has 8 heteroatoms. The van der Waals surface area contributed by atoms with Gasteiger partial charge < -0.3 is 11.1 Å². The van der Waals surface area contributed by atoms with Crippen molar-refractivity contribution in [2.24, 2.45) is 5.73 Å². The van der Waals surface area contributed by atoms with Crippen LogP contribution in [0.4, 0.5) is 17.6 Å². The van der Waals surface area contributed by atoms with Gasteiger partial charge in [0.25, 0.3) is 5.91 Å². The molecule has 0 heterocycles. The first-order chi connectivity index (χ1) is 11.7. The van der Waals surface area contributed by atoms with Gasteiger partial charge in [-0.2, -0.15) is 13.2 Å². The van der Waals surface area contributed by atoms with E-state index in [0.29, 0.717) is 5.56 Å². The topological polar surface area (TPSA) is 72.2 Å². The number of rotatable bonds is 5. The van der Waals surface area contributed by atoms with E-state index in [9.17, 15) is 27.2 Å². The molecule has 2 aromatic carbocycles. The molecule has 1 atom stereocenters. The highest BCUT2D eigenvalue weighted by Gasteiger charge is 2.35. The summed E-state index contributed by atoms with van der Waals surface area (Å²) in [5.41, 5.74) is 3.99. The Labute approximate surface area is 140 Å². The highest BCUT2D eigenvalue weighted by atomic mass is 19.4. The number of nitrogens with one attached hydrogen (secondary N) is 1. The van der Waals surface area contributed by atoms with Crippen LogP contribution in [0.5, 0.6) is 0 Å². The maximum Gasteiger partial charge on any atom is 0.417 e. The molecule has 0 radical (unpaired) electrons. The molecule has 0 aliphatic rings. The fourth-order valence-corrected chi connectivity index (χ4v) is 2.24. The molecule has 2 amide bonds. The summed E-state index contributed by atoms with van der Waals surface area (Å²) in [7, 11) is 0. The van der Waals surface area contributed by atoms with Gasteiger partial charge in [-0.3, -0.25) is 9.59 Å². The van der Waals surface area contributed by atoms with Gasteiger partial charge in [0.05, 0.1) is 11.1 Å². The summed E-state index contributed by atoms with van der Waals surface area (Å²) in [4.78, 5) is 23.7. The van der Waals surface area contributed by atoms with Crippen molar-refractivity contribution in [2.45, 2.75) is 18.6 Å². The first-order valence-corrected chi connectivity index (χ1v) is 7.19. The predicted octanol–water partition coefficient (Wildman–Crippen LogP) is 2.67. The maximum absolute atomic E-state index is 13.0. The smallest absolute Gasteiger partial charge is 0.368 e. The SMILES string of the molecule is NC(=O)[C@H](Cc1ccc(F)cc1)NC(=O)c1ccccc1C(F)(F)F. The molecular weight excluding hydrogens is 340 g/mol. The fraction of sp³-hybridized carbons (Fsp3) is 0.176. The average molecular weight is 354 g/mol. The third kappa shape index (κ3) is 4.79. The van der Waals surface area contributed by atoms with Crippen molar-refractivity contribution in [2.75, 3.05) is 0 Å². The minimum Gasteiger partial charge on any atom is -0.368 e. The molecule has 25 heavy (non-hydrogen) atoms. The lowest BCUT2D eigenvalue weighted by atomic mass is 10.0. The number of amides is 2. The standard InChI is InChI=1S/C17H14F4N2O2/c18-11-7-5-10(6-8-11)9-14(15(22)24)23-16(25)12-3-1-2-4-13(12)17(19,20)21/h1-8,14H,9H2,(H2,22,24)(H,23,25)/t14-/m0/s1. The molecule has 0 spiro atoms. The minimum atomic E-state index is -4.72. The number of carbonyl (C=O) groups excluding carboxylic acids is 2. The van der Waals surface area contributed by atoms with Crippen LogP contribution in [0.1, 0.15) is 21.5 Å². The molecule has 0 fully saturated rings. The molecule has 0 bridgehead atoms. The van der Waals surface area contributed by atoms with Gasteiger partial charge in [-0.25, -0.2) is 4.39 Å². The van der Waals surface area contributed by atoms with Crippen molar-refractivity contribution in [3.8, 4) is 0 Å². The van der Waals surface area contributed by atoms with Crippen LogP contribution >= 0.6 is 0 Å². The molecule has 0 saturated carbocycles. The highest BCUT2D eigenvalue weighted by molar-refractivity contribution is 5.98. The zero-order chi connectivity index (χ0) is 18.6. The number of hydrogen-bond donors (Lipinski definition) is 2. The van der Waals surface area contributed by atoms with E-state index < -0.39 is 41.0 Å². The summed E-state index contributed by atoms with van der Waals surface area (Å²) in [6.45, 7) is 0. The molecule has 0 aliphatic carbocycles. The molecule has 4 nitrogen and oxygen atoms in total. The largest absolute Gasteiger partial charge is 0.417 e. The number of nitrogens with two attached hydrogens (primary N) is 1. The monoisotopic (exact) mass is 354 g/mol. The molecule has 132 valence electrons. The van der Waals surface area contributed by atoms with E-state index in [0.717, 1.165) is 30.3 Å². The Balaban J connectivity index is 2.21. The van der Waals surface area contributed by atoms with Crippen molar-refractivity contribution < 1.29 is 27.2 Å². The van der Waals surface area contributed by atoms with E-state index in [1.165, 1.54) is 18.2 Å². The summed E-state index contributed by atoms with van der Waals surface area (Å²) >= 11 is 0. The molecular formula is C17H14F4N2O2. The van der Waals surface area contributed by atoms with E-state index in [1.54, 1.807) is 0 Å². The third-order valence-electron chi connectivity index (χ3n) is 3.48. The van der Waals surface area contributed by atoms with Crippen molar-refractivity contribution in [3.05, 3.63) is 71.0 Å². The molecule has 0 saturated heterocycles. The normalized spacial score (nSPS) is 12.5. The molecule has 0 unspecified atom stereocenters. The first-order valence-electron chi connectivity index (χ1n) is 7.19. The molecule has 2 aromatic rings. The van der Waals surface area contributed by atoms with Crippen LogP contribution in [0.3, 0.4) is 0 Å². The van der Waals surface area contributed by atoms with E-state index in [4.69, 9.17) is 5.73 Å². The second-order valence-electron chi connectivity index (χ2n) is 5.30. The summed E-state index contributed by atoms with van der Waals surface area (Å²) in [5.74, 6) is -2.47. The number of hydrogen-bond acceptors (Lipinski definition) is 2. The van der Waals surface area contributed by atoms with Gasteiger partial charge in [0.15, 0.2) is 0 Å². The van der Waals surface area contributed by atoms with Crippen LogP contribution in [0, 0.1) is 5.82 Å². The van der Waals surface area contributed by atoms with Crippen molar-refractivity contribution >= 4 is 11.8 Å². The Kier molecular flexibility index (Phi) is 5.41. The van der Waals surface area contributed by atoms with Gasteiger partial charge in [-0.15, -0.1) is 0 Å². The van der Waals surface area contributed by atoms with Crippen LogP contribution in [0.2, 0.25) is 0 Å². The van der Waals surface area contributed by atoms with Crippen LogP contribution in [0.25, 0.3) is 0 Å². The molecule has 0 aliphatic heterocycles. The number of alkyl halides is 3. The Bertz CT molecular complexity index is 773. The minimum absolute atomic E-state index is 0.0739. The van der Waals surface area contributed by atoms with Gasteiger partial charge in [-0.05, 0) is 29.8 Å². The van der Waals surface area contributed by atoms with Gasteiger partial charge in [-0.1, -0.05) is 24.3 Å². The van der Waals surface area contributed by atoms with E-state index in [1.807, 2.05) is 0 Å². The molecule has 0 aromatic heterocycles. The van der Waals surface area contributed by atoms with Crippen molar-refractivity contribution in [3.63, 3.8) is 0 Å². The van der Waals surface area contributed by atoms with Crippen LogP contribution in [0.15, 0.2) is 48.5 Å². The third-order valence-corrected chi connectivity index (χ3v) is 3.48. The molecule has 3 N–H and O–H groups in total. The number of primary amides is 1. The summed E-state index contributed by atoms with van der Waals surface area (Å²) in [6, 6.07) is 8.08. The van der Waals surface area contributed by atoms with Gasteiger partial charge in [0, 0.05) is 6.42 Å². The first kappa shape index (κ1) is 18.4. The van der Waals surface area contributed by atoms with Gasteiger partial charge >= 0.3 is 6.18 Å². The predicted molar refractivity (Wildman–Crippen MR) is 82.0 cm³/mol. The van der Waals surface area contributed by atoms with Gasteiger partial charge in [0.2, 0.25) is 5.91 Å². The Morgan fingerprint density at radius 3 is 2.20 bits per heavy atom. The maximum atomic E-state index is 13.0. The van der Waals surface area contributed by atoms with Crippen LogP contribution in [-0.2, 0) is 17.4 Å². The summed E-state index contributed by atoms with van der Waals surface area (Å²) in [5, 5.41) is 2.20. The van der Waals surface area contributed by atoms with E-state index in [2.05, 4.69) is 5.32 Å². The Hall–Kier alpha value is -2.90. The quantitative estimate of drug-likeness (QED) is 0.811. The zero-order valence-electron chi connectivity index (χ0n) is 12.8. The van der Waals surface area contributed by atoms with Crippen LogP contribution in [-0.4, -0.2) is 17.9 Å². The van der Waals surface area contributed by atoms with Gasteiger partial charge in [0.1, 0.15) is 11.9 Å². The second kappa shape index (κ2) is 7.33. The summed E-state index contributed by atoms with van der Waals surface area (Å²) < 4.78 is 51.8. The fourth-order valence-electron chi connectivity index (χ4n) is 2.24. The Morgan fingerprint density at radius 2 is 1.64 bits per heavy atom. The average Bonchev–Trinajstić information content (AvgIpc) is 2.55. The van der Waals surface area contributed by atoms with Crippen molar-refractivity contribution in [1.82, 2.24) is 5.32 Å². The molecule has 2 rings (SSSR count). The lowest BCUT2D eigenvalue weighted by Gasteiger charge is -2.18. The number of benzene rings is 2. The number of halogens is 4. The lowest BCUT2D eigenvalue weighted by molar-refractivity contribution is -0.137. The van der Waals surface area contributed by atoms with Crippen LogP contribution < -0.4 is 11.1 Å². The Morgan fingerprint density at radius 1 is 1.04 bits per heavy atom. The van der Waals surface area contributed by atoms with E-state index in [-0.39, 0.29) is 6.42 Å². The zero-order valence-corrected chi connectivity index (χ0v) is 12.8. The number of carbonyl (C=O) groups is 2. The van der Waals surface area contributed by atoms with E-state index >= 15 is 0 Å². The second-order valence-corrected chi connectivity index (χ2v) is 5.30. The van der Waals surface area contributed by atoms with Crippen molar-refractivity contribution in [1.29, 1.82) is 0 Å². The highest BCUT2D eigenvalue weighted by Crippen LogP contribution is 2.31.